The zero-order valence-electron chi connectivity index (χ0n) is 14.1. The van der Waals surface area contributed by atoms with Crippen molar-refractivity contribution in [1.82, 2.24) is 15.0 Å². The lowest BCUT2D eigenvalue weighted by molar-refractivity contribution is -0.138. The molecule has 1 amide bonds. The lowest BCUT2D eigenvalue weighted by atomic mass is 9.94. The minimum atomic E-state index is 0. The Kier molecular flexibility index (Phi) is 8.50. The fourth-order valence-electron chi connectivity index (χ4n) is 3.73. The maximum atomic E-state index is 12.7. The Hall–Kier alpha value is -0.820. The van der Waals surface area contributed by atoms with Crippen molar-refractivity contribution in [3.05, 3.63) is 17.5 Å². The van der Waals surface area contributed by atoms with Gasteiger partial charge >= 0.3 is 0 Å². The lowest BCUT2D eigenvalue weighted by Gasteiger charge is -2.36. The number of nitrogens with two attached hydrogens (primary N) is 1. The maximum Gasteiger partial charge on any atom is 0.226 e. The van der Waals surface area contributed by atoms with Crippen LogP contribution in [0.25, 0.3) is 0 Å². The van der Waals surface area contributed by atoms with Crippen LogP contribution in [-0.4, -0.2) is 53.6 Å². The number of nitrogens with zero attached hydrogens (tertiary/aromatic N) is 3. The van der Waals surface area contributed by atoms with Crippen LogP contribution in [0.1, 0.15) is 30.7 Å². The highest BCUT2D eigenvalue weighted by molar-refractivity contribution is 5.85. The van der Waals surface area contributed by atoms with Crippen LogP contribution >= 0.6 is 24.8 Å². The Bertz CT molecular complexity index is 518. The van der Waals surface area contributed by atoms with Crippen molar-refractivity contribution >= 4 is 30.7 Å². The molecule has 3 rings (SSSR count). The predicted molar refractivity (Wildman–Crippen MR) is 97.5 cm³/mol. The molecule has 2 heterocycles. The molecular weight excluding hydrogens is 351 g/mol. The molecule has 2 fully saturated rings. The van der Waals surface area contributed by atoms with Gasteiger partial charge in [0.05, 0.1) is 5.69 Å². The molecule has 8 heteroatoms. The quantitative estimate of drug-likeness (QED) is 0.864. The number of aromatic nitrogens is 1. The van der Waals surface area contributed by atoms with Crippen LogP contribution < -0.4 is 5.73 Å². The van der Waals surface area contributed by atoms with Crippen molar-refractivity contribution in [3.63, 3.8) is 0 Å². The first-order chi connectivity index (χ1) is 10.7. The van der Waals surface area contributed by atoms with Crippen LogP contribution in [0.4, 0.5) is 0 Å². The summed E-state index contributed by atoms with van der Waals surface area (Å²) in [5, 5.41) is 4.04. The van der Waals surface area contributed by atoms with Crippen LogP contribution in [0, 0.1) is 18.8 Å². The van der Waals surface area contributed by atoms with Crippen LogP contribution in [-0.2, 0) is 11.3 Å². The highest BCUT2D eigenvalue weighted by Gasteiger charge is 2.35. The van der Waals surface area contributed by atoms with E-state index in [1.54, 1.807) is 0 Å². The largest absolute Gasteiger partial charge is 0.361 e. The molecule has 0 aromatic carbocycles. The van der Waals surface area contributed by atoms with E-state index in [1.165, 1.54) is 0 Å². The zero-order chi connectivity index (χ0) is 15.5. The third-order valence-electron chi connectivity index (χ3n) is 5.03. The van der Waals surface area contributed by atoms with E-state index >= 15 is 0 Å². The van der Waals surface area contributed by atoms with Crippen molar-refractivity contribution in [1.29, 1.82) is 0 Å². The van der Waals surface area contributed by atoms with Gasteiger partial charge in [-0.3, -0.25) is 9.69 Å². The molecule has 1 aliphatic heterocycles. The Morgan fingerprint density at radius 1 is 1.29 bits per heavy atom. The number of amides is 1. The monoisotopic (exact) mass is 378 g/mol. The van der Waals surface area contributed by atoms with Gasteiger partial charge in [0.25, 0.3) is 0 Å². The molecular formula is C16H28Cl2N4O2. The van der Waals surface area contributed by atoms with Gasteiger partial charge in [0, 0.05) is 44.7 Å². The summed E-state index contributed by atoms with van der Waals surface area (Å²) >= 11 is 0. The molecule has 2 aliphatic rings. The number of carbonyl (C=O) groups is 1. The fraction of sp³-hybridized carbons (Fsp3) is 0.750. The van der Waals surface area contributed by atoms with E-state index in [0.717, 1.165) is 63.4 Å². The minimum absolute atomic E-state index is 0. The second-order valence-corrected chi connectivity index (χ2v) is 6.56. The first kappa shape index (κ1) is 21.2. The van der Waals surface area contributed by atoms with Crippen LogP contribution in [0.2, 0.25) is 0 Å². The van der Waals surface area contributed by atoms with Crippen LogP contribution in [0.5, 0.6) is 0 Å². The number of aryl methyl sites for hydroxylation is 1. The zero-order valence-corrected chi connectivity index (χ0v) is 15.8. The molecule has 2 atom stereocenters. The molecule has 24 heavy (non-hydrogen) atoms. The third kappa shape index (κ3) is 4.85. The molecule has 1 aromatic heterocycles. The smallest absolute Gasteiger partial charge is 0.226 e. The van der Waals surface area contributed by atoms with Gasteiger partial charge in [0.15, 0.2) is 0 Å². The van der Waals surface area contributed by atoms with Crippen LogP contribution in [0.15, 0.2) is 10.6 Å². The van der Waals surface area contributed by atoms with Crippen molar-refractivity contribution in [3.8, 4) is 0 Å². The number of rotatable bonds is 4. The van der Waals surface area contributed by atoms with E-state index in [0.29, 0.717) is 18.4 Å². The van der Waals surface area contributed by atoms with Gasteiger partial charge in [-0.05, 0) is 32.2 Å². The summed E-state index contributed by atoms with van der Waals surface area (Å²) in [6, 6.07) is 1.97. The standard InChI is InChI=1S/C16H26N4O2.2ClH/c1-12-9-14(18-22-12)11-19-5-7-20(8-6-19)16(21)15-4-2-3-13(15)10-17;;/h9,13,15H,2-8,10-11,17H2,1H3;2*1H/t13-,15-;;/m1../s1. The summed E-state index contributed by atoms with van der Waals surface area (Å²) in [5.41, 5.74) is 6.78. The molecule has 138 valence electrons. The summed E-state index contributed by atoms with van der Waals surface area (Å²) < 4.78 is 5.10. The summed E-state index contributed by atoms with van der Waals surface area (Å²) in [4.78, 5) is 17.0. The van der Waals surface area contributed by atoms with Gasteiger partial charge < -0.3 is 15.2 Å². The second-order valence-electron chi connectivity index (χ2n) is 6.56. The molecule has 2 N–H and O–H groups in total. The Labute approximate surface area is 155 Å². The van der Waals surface area contributed by atoms with E-state index in [2.05, 4.69) is 10.1 Å². The number of piperazine rings is 1. The minimum Gasteiger partial charge on any atom is -0.361 e. The van der Waals surface area contributed by atoms with Gasteiger partial charge in [-0.1, -0.05) is 11.6 Å². The molecule has 1 aliphatic carbocycles. The summed E-state index contributed by atoms with van der Waals surface area (Å²) in [6.07, 6.45) is 3.27. The van der Waals surface area contributed by atoms with Gasteiger partial charge in [-0.25, -0.2) is 0 Å². The molecule has 0 spiro atoms. The second kappa shape index (κ2) is 9.61. The Balaban J connectivity index is 0.00000144. The summed E-state index contributed by atoms with van der Waals surface area (Å²) in [7, 11) is 0. The van der Waals surface area contributed by atoms with Gasteiger partial charge in [-0.15, -0.1) is 24.8 Å². The predicted octanol–water partition coefficient (Wildman–Crippen LogP) is 1.85. The normalized spacial score (nSPS) is 24.3. The number of hydrogen-bond acceptors (Lipinski definition) is 5. The third-order valence-corrected chi connectivity index (χ3v) is 5.03. The van der Waals surface area contributed by atoms with E-state index in [1.807, 2.05) is 17.9 Å². The highest BCUT2D eigenvalue weighted by atomic mass is 35.5. The fourth-order valence-corrected chi connectivity index (χ4v) is 3.73. The van der Waals surface area contributed by atoms with Crippen molar-refractivity contribution < 1.29 is 9.32 Å². The SMILES string of the molecule is Cc1cc(CN2CCN(C(=O)[C@@H]3CCC[C@@H]3CN)CC2)no1.Cl.Cl. The molecule has 1 aromatic rings. The first-order valence-corrected chi connectivity index (χ1v) is 8.31. The van der Waals surface area contributed by atoms with E-state index in [9.17, 15) is 4.79 Å². The van der Waals surface area contributed by atoms with Crippen molar-refractivity contribution in [2.24, 2.45) is 17.6 Å². The van der Waals surface area contributed by atoms with Crippen LogP contribution in [0.3, 0.4) is 0 Å². The van der Waals surface area contributed by atoms with Crippen molar-refractivity contribution in [2.45, 2.75) is 32.7 Å². The molecule has 0 unspecified atom stereocenters. The average Bonchev–Trinajstić information content (AvgIpc) is 3.16. The molecule has 1 saturated carbocycles. The first-order valence-electron chi connectivity index (χ1n) is 8.31. The Morgan fingerprint density at radius 3 is 2.58 bits per heavy atom. The number of carbonyl (C=O) groups excluding carboxylic acids is 1. The summed E-state index contributed by atoms with van der Waals surface area (Å²) in [5.74, 6) is 1.72. The number of hydrogen-bond donors (Lipinski definition) is 1. The van der Waals surface area contributed by atoms with E-state index in [-0.39, 0.29) is 30.7 Å². The molecule has 0 radical (unpaired) electrons. The number of halogens is 2. The lowest BCUT2D eigenvalue weighted by Crippen LogP contribution is -2.50. The topological polar surface area (TPSA) is 75.6 Å². The average molecular weight is 379 g/mol. The molecule has 1 saturated heterocycles. The van der Waals surface area contributed by atoms with E-state index < -0.39 is 0 Å². The van der Waals surface area contributed by atoms with Gasteiger partial charge in [0.1, 0.15) is 5.76 Å². The van der Waals surface area contributed by atoms with Gasteiger partial charge in [-0.2, -0.15) is 0 Å². The molecule has 0 bridgehead atoms. The Morgan fingerprint density at radius 2 is 2.00 bits per heavy atom. The van der Waals surface area contributed by atoms with E-state index in [4.69, 9.17) is 10.3 Å². The molecule has 6 nitrogen and oxygen atoms in total. The highest BCUT2D eigenvalue weighted by Crippen LogP contribution is 2.32. The van der Waals surface area contributed by atoms with Crippen molar-refractivity contribution in [2.75, 3.05) is 32.7 Å². The maximum absolute atomic E-state index is 12.7. The summed E-state index contributed by atoms with van der Waals surface area (Å²) in [6.45, 7) is 6.76. The van der Waals surface area contributed by atoms with Gasteiger partial charge in [0.2, 0.25) is 5.91 Å².